The summed E-state index contributed by atoms with van der Waals surface area (Å²) in [5.41, 5.74) is 1.10. The summed E-state index contributed by atoms with van der Waals surface area (Å²) in [4.78, 5) is 28.1. The zero-order chi connectivity index (χ0) is 17.4. The van der Waals surface area contributed by atoms with Crippen LogP contribution in [-0.4, -0.2) is 22.3 Å². The van der Waals surface area contributed by atoms with Crippen molar-refractivity contribution in [2.45, 2.75) is 37.9 Å². The van der Waals surface area contributed by atoms with Crippen LogP contribution in [0.15, 0.2) is 60.7 Å². The van der Waals surface area contributed by atoms with Crippen LogP contribution in [0.2, 0.25) is 0 Å². The quantitative estimate of drug-likeness (QED) is 0.934. The molecule has 1 aliphatic heterocycles. The van der Waals surface area contributed by atoms with E-state index in [9.17, 15) is 9.59 Å². The lowest BCUT2D eigenvalue weighted by atomic mass is 9.87. The summed E-state index contributed by atoms with van der Waals surface area (Å²) in [5.74, 6) is 0.183. The second kappa shape index (κ2) is 6.03. The van der Waals surface area contributed by atoms with Crippen LogP contribution in [0.25, 0.3) is 0 Å². The maximum Gasteiger partial charge on any atom is 0.249 e. The summed E-state index contributed by atoms with van der Waals surface area (Å²) in [6.45, 7) is 2.32. The van der Waals surface area contributed by atoms with E-state index in [1.165, 1.54) is 0 Å². The molecule has 25 heavy (non-hydrogen) atoms. The number of hydrogen-bond donors (Lipinski definition) is 1. The van der Waals surface area contributed by atoms with Crippen LogP contribution in [-0.2, 0) is 16.1 Å². The van der Waals surface area contributed by atoms with Crippen LogP contribution < -0.4 is 5.32 Å². The Labute approximate surface area is 147 Å². The van der Waals surface area contributed by atoms with E-state index < -0.39 is 11.6 Å². The maximum absolute atomic E-state index is 13.4. The number of carbonyl (C=O) groups is 2. The summed E-state index contributed by atoms with van der Waals surface area (Å²) in [6.07, 6.45) is 2.00. The SMILES string of the molecule is CC1(C2CC2)NC(=O)C(c2ccccc2)N(Cc2ccccc2)C1=O. The smallest absolute Gasteiger partial charge is 0.249 e. The van der Waals surface area contributed by atoms with Crippen LogP contribution in [0.1, 0.15) is 36.9 Å². The zero-order valence-corrected chi connectivity index (χ0v) is 14.3. The first-order valence-electron chi connectivity index (χ1n) is 8.81. The Balaban J connectivity index is 1.73. The van der Waals surface area contributed by atoms with E-state index in [0.717, 1.165) is 24.0 Å². The third-order valence-corrected chi connectivity index (χ3v) is 5.35. The van der Waals surface area contributed by atoms with E-state index >= 15 is 0 Å². The fourth-order valence-corrected chi connectivity index (χ4v) is 3.78. The Morgan fingerprint density at radius 3 is 2.20 bits per heavy atom. The van der Waals surface area contributed by atoms with Gasteiger partial charge in [0.1, 0.15) is 11.6 Å². The minimum absolute atomic E-state index is 0.0207. The first-order chi connectivity index (χ1) is 12.1. The van der Waals surface area contributed by atoms with Crippen LogP contribution in [0.4, 0.5) is 0 Å². The van der Waals surface area contributed by atoms with Gasteiger partial charge in [-0.25, -0.2) is 0 Å². The van der Waals surface area contributed by atoms with Crippen LogP contribution >= 0.6 is 0 Å². The molecule has 1 aliphatic carbocycles. The molecule has 1 heterocycles. The van der Waals surface area contributed by atoms with Gasteiger partial charge in [-0.1, -0.05) is 60.7 Å². The van der Waals surface area contributed by atoms with Gasteiger partial charge in [0.25, 0.3) is 0 Å². The van der Waals surface area contributed by atoms with E-state index in [0.29, 0.717) is 6.54 Å². The van der Waals surface area contributed by atoms with Gasteiger partial charge >= 0.3 is 0 Å². The third-order valence-electron chi connectivity index (χ3n) is 5.35. The molecule has 4 rings (SSSR count). The standard InChI is InChI=1S/C21H22N2O2/c1-21(17-12-13-17)20(25)23(14-15-8-4-2-5-9-15)18(19(24)22-21)16-10-6-3-7-11-16/h2-11,17-18H,12-14H2,1H3,(H,22,24). The fraction of sp³-hybridized carbons (Fsp3) is 0.333. The number of benzene rings is 2. The predicted octanol–water partition coefficient (Wildman–Crippen LogP) is 3.06. The van der Waals surface area contributed by atoms with E-state index in [2.05, 4.69) is 5.32 Å². The summed E-state index contributed by atoms with van der Waals surface area (Å²) in [6, 6.07) is 18.8. The number of nitrogens with one attached hydrogen (secondary N) is 1. The normalized spacial score (nSPS) is 26.4. The minimum atomic E-state index is -0.781. The predicted molar refractivity (Wildman–Crippen MR) is 95.4 cm³/mol. The summed E-state index contributed by atoms with van der Waals surface area (Å²) < 4.78 is 0. The molecule has 2 fully saturated rings. The number of nitrogens with zero attached hydrogens (tertiary/aromatic N) is 1. The monoisotopic (exact) mass is 334 g/mol. The molecule has 4 nitrogen and oxygen atoms in total. The van der Waals surface area contributed by atoms with Crippen molar-refractivity contribution in [3.63, 3.8) is 0 Å². The van der Waals surface area contributed by atoms with Crippen molar-refractivity contribution in [3.05, 3.63) is 71.8 Å². The van der Waals surface area contributed by atoms with Crippen molar-refractivity contribution in [2.75, 3.05) is 0 Å². The van der Waals surface area contributed by atoms with Crippen molar-refractivity contribution in [1.29, 1.82) is 0 Å². The third kappa shape index (κ3) is 2.82. The van der Waals surface area contributed by atoms with Gasteiger partial charge in [0.05, 0.1) is 0 Å². The molecule has 2 amide bonds. The molecule has 2 aliphatic rings. The molecule has 128 valence electrons. The van der Waals surface area contributed by atoms with Crippen molar-refractivity contribution in [1.82, 2.24) is 10.2 Å². The van der Waals surface area contributed by atoms with Crippen LogP contribution in [0.3, 0.4) is 0 Å². The number of carbonyl (C=O) groups excluding carboxylic acids is 2. The first kappa shape index (κ1) is 15.9. The van der Waals surface area contributed by atoms with Crippen LogP contribution in [0.5, 0.6) is 0 Å². The Morgan fingerprint density at radius 2 is 1.60 bits per heavy atom. The molecule has 1 saturated carbocycles. The molecule has 2 aromatic carbocycles. The highest BCUT2D eigenvalue weighted by atomic mass is 16.2. The fourth-order valence-electron chi connectivity index (χ4n) is 3.78. The molecular formula is C21H22N2O2. The molecule has 2 unspecified atom stereocenters. The van der Waals surface area contributed by atoms with Gasteiger partial charge in [0, 0.05) is 6.54 Å². The molecule has 0 spiro atoms. The molecule has 2 aromatic rings. The maximum atomic E-state index is 13.4. The lowest BCUT2D eigenvalue weighted by molar-refractivity contribution is -0.156. The molecule has 1 saturated heterocycles. The average Bonchev–Trinajstić information content (AvgIpc) is 3.47. The number of rotatable bonds is 4. The lowest BCUT2D eigenvalue weighted by Crippen LogP contribution is -2.66. The molecule has 0 aromatic heterocycles. The van der Waals surface area contributed by atoms with E-state index in [1.54, 1.807) is 4.90 Å². The van der Waals surface area contributed by atoms with Gasteiger partial charge in [0.2, 0.25) is 11.8 Å². The highest BCUT2D eigenvalue weighted by molar-refractivity contribution is 6.00. The molecule has 1 N–H and O–H groups in total. The topological polar surface area (TPSA) is 49.4 Å². The summed E-state index contributed by atoms with van der Waals surface area (Å²) in [5, 5.41) is 3.04. The van der Waals surface area contributed by atoms with Crippen LogP contribution in [0, 0.1) is 5.92 Å². The van der Waals surface area contributed by atoms with Crippen molar-refractivity contribution < 1.29 is 9.59 Å². The number of piperazine rings is 1. The molecule has 4 heteroatoms. The Kier molecular flexibility index (Phi) is 3.83. The largest absolute Gasteiger partial charge is 0.340 e. The average molecular weight is 334 g/mol. The molecule has 0 radical (unpaired) electrons. The molecular weight excluding hydrogens is 312 g/mol. The van der Waals surface area contributed by atoms with Gasteiger partial charge in [-0.05, 0) is 36.8 Å². The first-order valence-corrected chi connectivity index (χ1v) is 8.81. The Bertz CT molecular complexity index is 786. The van der Waals surface area contributed by atoms with Crippen molar-refractivity contribution in [2.24, 2.45) is 5.92 Å². The summed E-state index contributed by atoms with van der Waals surface area (Å²) >= 11 is 0. The van der Waals surface area contributed by atoms with Crippen molar-refractivity contribution in [3.8, 4) is 0 Å². The minimum Gasteiger partial charge on any atom is -0.340 e. The number of hydrogen-bond acceptors (Lipinski definition) is 2. The van der Waals surface area contributed by atoms with E-state index in [4.69, 9.17) is 0 Å². The van der Waals surface area contributed by atoms with Gasteiger partial charge in [-0.2, -0.15) is 0 Å². The number of amides is 2. The highest BCUT2D eigenvalue weighted by Gasteiger charge is 2.55. The van der Waals surface area contributed by atoms with Gasteiger partial charge in [0.15, 0.2) is 0 Å². The second-order valence-corrected chi connectivity index (χ2v) is 7.20. The molecule has 2 atom stereocenters. The van der Waals surface area contributed by atoms with Gasteiger partial charge < -0.3 is 10.2 Å². The lowest BCUT2D eigenvalue weighted by Gasteiger charge is -2.45. The zero-order valence-electron chi connectivity index (χ0n) is 14.3. The Morgan fingerprint density at radius 1 is 1.00 bits per heavy atom. The van der Waals surface area contributed by atoms with Gasteiger partial charge in [-0.3, -0.25) is 9.59 Å². The Hall–Kier alpha value is -2.62. The second-order valence-electron chi connectivity index (χ2n) is 7.20. The van der Waals surface area contributed by atoms with E-state index in [-0.39, 0.29) is 17.7 Å². The molecule has 0 bridgehead atoms. The van der Waals surface area contributed by atoms with E-state index in [1.807, 2.05) is 67.6 Å². The summed E-state index contributed by atoms with van der Waals surface area (Å²) in [7, 11) is 0. The van der Waals surface area contributed by atoms with Crippen molar-refractivity contribution >= 4 is 11.8 Å². The van der Waals surface area contributed by atoms with Gasteiger partial charge in [-0.15, -0.1) is 0 Å². The highest BCUT2D eigenvalue weighted by Crippen LogP contribution is 2.44.